The molecule has 8 nitrogen and oxygen atoms in total. The van der Waals surface area contributed by atoms with Crippen molar-refractivity contribution in [2.75, 3.05) is 0 Å². The van der Waals surface area contributed by atoms with Gasteiger partial charge in [-0.2, -0.15) is 0 Å². The number of hydrogen-bond acceptors (Lipinski definition) is 6. The first-order valence-electron chi connectivity index (χ1n) is 6.58. The van der Waals surface area contributed by atoms with Crippen LogP contribution in [0.2, 0.25) is 0 Å². The number of hydrogen-bond donors (Lipinski definition) is 2. The summed E-state index contributed by atoms with van der Waals surface area (Å²) in [6, 6.07) is 12.2. The number of amides is 1. The largest absolute Gasteiger partial charge is 0.281 e. The van der Waals surface area contributed by atoms with E-state index in [1.165, 1.54) is 28.8 Å². The summed E-state index contributed by atoms with van der Waals surface area (Å²) in [6.07, 6.45) is 0. The van der Waals surface area contributed by atoms with Gasteiger partial charge in [-0.1, -0.05) is 0 Å². The molecule has 0 fully saturated rings. The highest BCUT2D eigenvalue weighted by atomic mass is 32.2. The summed E-state index contributed by atoms with van der Waals surface area (Å²) in [6.45, 7) is 0. The molecule has 0 atom stereocenters. The molecule has 3 aromatic rings. The van der Waals surface area contributed by atoms with Gasteiger partial charge >= 0.3 is 0 Å². The smallest absolute Gasteiger partial charge is 0.277 e. The second-order valence-electron chi connectivity index (χ2n) is 4.80. The van der Waals surface area contributed by atoms with Crippen LogP contribution in [0.5, 0.6) is 0 Å². The summed E-state index contributed by atoms with van der Waals surface area (Å²) in [4.78, 5) is 24.4. The van der Waals surface area contributed by atoms with E-state index in [2.05, 4.69) is 0 Å². The molecule has 0 saturated heterocycles. The van der Waals surface area contributed by atoms with Gasteiger partial charge in [0.1, 0.15) is 0 Å². The Labute approximate surface area is 139 Å². The maximum Gasteiger partial charge on any atom is 0.281 e. The average molecular weight is 366 g/mol. The SMILES string of the molecule is O=C(c1ccc(C(=O)n2c3ccc2cc3)cc1)N([SH](=O)=O)[SH](=O)=O. The molecule has 2 aromatic heterocycles. The van der Waals surface area contributed by atoms with E-state index in [9.17, 15) is 26.4 Å². The fourth-order valence-corrected chi connectivity index (χ4v) is 3.35. The van der Waals surface area contributed by atoms with Crippen LogP contribution in [-0.4, -0.2) is 36.9 Å². The van der Waals surface area contributed by atoms with Gasteiger partial charge in [0.15, 0.2) is 0 Å². The van der Waals surface area contributed by atoms with Crippen LogP contribution < -0.4 is 0 Å². The molecule has 2 heterocycles. The molecule has 24 heavy (non-hydrogen) atoms. The Kier molecular flexibility index (Phi) is 4.08. The minimum Gasteiger partial charge on any atom is -0.277 e. The quantitative estimate of drug-likeness (QED) is 0.641. The van der Waals surface area contributed by atoms with E-state index in [0.717, 1.165) is 11.0 Å². The number of benzene rings is 2. The molecule has 0 spiro atoms. The zero-order valence-corrected chi connectivity index (χ0v) is 13.6. The van der Waals surface area contributed by atoms with E-state index in [1.54, 1.807) is 24.3 Å². The summed E-state index contributed by atoms with van der Waals surface area (Å²) < 4.78 is 44.7. The highest BCUT2D eigenvalue weighted by Crippen LogP contribution is 2.19. The van der Waals surface area contributed by atoms with Crippen LogP contribution in [0.3, 0.4) is 0 Å². The Morgan fingerprint density at radius 2 is 1.12 bits per heavy atom. The Hall–Kier alpha value is -2.72. The van der Waals surface area contributed by atoms with Gasteiger partial charge in [0.05, 0.1) is 0 Å². The Bertz CT molecular complexity index is 992. The molecule has 1 amide bonds. The van der Waals surface area contributed by atoms with Crippen molar-refractivity contribution in [3.8, 4) is 0 Å². The van der Waals surface area contributed by atoms with Crippen LogP contribution >= 0.6 is 0 Å². The van der Waals surface area contributed by atoms with Crippen molar-refractivity contribution in [3.63, 3.8) is 0 Å². The van der Waals surface area contributed by atoms with Gasteiger partial charge in [-0.15, -0.1) is 3.71 Å². The number of nitrogens with zero attached hydrogens (tertiary/aromatic N) is 2. The lowest BCUT2D eigenvalue weighted by Gasteiger charge is -2.08. The van der Waals surface area contributed by atoms with Crippen molar-refractivity contribution in [2.24, 2.45) is 0 Å². The second-order valence-corrected chi connectivity index (χ2v) is 6.87. The average Bonchev–Trinajstić information content (AvgIpc) is 3.13. The van der Waals surface area contributed by atoms with E-state index < -0.39 is 27.7 Å². The minimum atomic E-state index is -3.61. The van der Waals surface area contributed by atoms with Crippen LogP contribution in [0.25, 0.3) is 11.0 Å². The number of carbonyl (C=O) groups is 2. The number of aromatic nitrogens is 1. The minimum absolute atomic E-state index is 0.161. The highest BCUT2D eigenvalue weighted by Gasteiger charge is 2.21. The first-order chi connectivity index (χ1) is 11.4. The van der Waals surface area contributed by atoms with E-state index in [-0.39, 0.29) is 20.7 Å². The van der Waals surface area contributed by atoms with E-state index in [4.69, 9.17) is 0 Å². The number of carbonyl (C=O) groups excluding carboxylic acids is 2. The van der Waals surface area contributed by atoms with Crippen LogP contribution in [0.1, 0.15) is 20.7 Å². The Balaban J connectivity index is 1.91. The fourth-order valence-electron chi connectivity index (χ4n) is 2.34. The van der Waals surface area contributed by atoms with Crippen molar-refractivity contribution >= 4 is 44.6 Å². The van der Waals surface area contributed by atoms with Crippen LogP contribution in [0.4, 0.5) is 0 Å². The molecule has 1 aromatic carbocycles. The van der Waals surface area contributed by atoms with Crippen molar-refractivity contribution < 1.29 is 26.4 Å². The molecule has 10 heteroatoms. The lowest BCUT2D eigenvalue weighted by atomic mass is 10.1. The monoisotopic (exact) mass is 366 g/mol. The van der Waals surface area contributed by atoms with Crippen LogP contribution in [0.15, 0.2) is 48.5 Å². The molecule has 0 radical (unpaired) electrons. The normalized spacial score (nSPS) is 11.4. The van der Waals surface area contributed by atoms with E-state index >= 15 is 0 Å². The molecule has 0 aliphatic rings. The third kappa shape index (κ3) is 2.65. The van der Waals surface area contributed by atoms with Gasteiger partial charge in [0.2, 0.25) is 21.8 Å². The molecule has 0 aliphatic heterocycles. The summed E-state index contributed by atoms with van der Waals surface area (Å²) in [7, 11) is -7.22. The highest BCUT2D eigenvalue weighted by molar-refractivity contribution is 7.86. The van der Waals surface area contributed by atoms with Gasteiger partial charge in [-0.05, 0) is 48.5 Å². The molecular weight excluding hydrogens is 356 g/mol. The number of fused-ring (bicyclic) bond motifs is 2. The van der Waals surface area contributed by atoms with Crippen molar-refractivity contribution in [3.05, 3.63) is 59.7 Å². The van der Waals surface area contributed by atoms with Crippen molar-refractivity contribution in [2.45, 2.75) is 0 Å². The third-order valence-electron chi connectivity index (χ3n) is 3.44. The first kappa shape index (κ1) is 16.1. The third-order valence-corrected chi connectivity index (χ3v) is 5.30. The molecule has 124 valence electrons. The van der Waals surface area contributed by atoms with Crippen molar-refractivity contribution in [1.29, 1.82) is 0 Å². The van der Waals surface area contributed by atoms with Gasteiger partial charge in [0.25, 0.3) is 11.8 Å². The Morgan fingerprint density at radius 1 is 0.708 bits per heavy atom. The molecular formula is C14H10N2O6S2. The van der Waals surface area contributed by atoms with Crippen LogP contribution in [0, 0.1) is 0 Å². The standard InChI is InChI=1S/C14H10N2O6S2/c17-13(15-11-5-6-12(15)8-7-11)9-1-3-10(4-2-9)14(18)16(23(19)20)24(21)22/h1-8,23-24H. The molecule has 3 rings (SSSR count). The maximum atomic E-state index is 12.5. The molecule has 2 bridgehead atoms. The predicted octanol–water partition coefficient (Wildman–Crippen LogP) is 0.263. The molecule has 0 aliphatic carbocycles. The number of thiol groups is 2. The van der Waals surface area contributed by atoms with Gasteiger partial charge in [-0.25, -0.2) is 16.8 Å². The lowest BCUT2D eigenvalue weighted by molar-refractivity contribution is 0.0922. The summed E-state index contributed by atoms with van der Waals surface area (Å²) in [5.74, 6) is -1.51. The topological polar surface area (TPSA) is 111 Å². The summed E-state index contributed by atoms with van der Waals surface area (Å²) >= 11 is 0. The molecule has 0 unspecified atom stereocenters. The molecule has 0 N–H and O–H groups in total. The fraction of sp³-hybridized carbons (Fsp3) is 0. The first-order valence-corrected chi connectivity index (χ1v) is 8.84. The van der Waals surface area contributed by atoms with Crippen LogP contribution in [-0.2, 0) is 21.8 Å². The zero-order valence-electron chi connectivity index (χ0n) is 11.9. The van der Waals surface area contributed by atoms with E-state index in [0.29, 0.717) is 0 Å². The summed E-state index contributed by atoms with van der Waals surface area (Å²) in [5, 5.41) is 0. The van der Waals surface area contributed by atoms with Crippen molar-refractivity contribution in [1.82, 2.24) is 8.28 Å². The van der Waals surface area contributed by atoms with E-state index in [1.807, 2.05) is 0 Å². The van der Waals surface area contributed by atoms with Gasteiger partial charge in [0, 0.05) is 22.2 Å². The zero-order chi connectivity index (χ0) is 17.4. The maximum absolute atomic E-state index is 12.5. The number of rotatable bonds is 4. The second kappa shape index (κ2) is 6.06. The van der Waals surface area contributed by atoms with Gasteiger partial charge in [-0.3, -0.25) is 14.2 Å². The lowest BCUT2D eigenvalue weighted by Crippen LogP contribution is -2.28. The summed E-state index contributed by atoms with van der Waals surface area (Å²) in [5.41, 5.74) is 1.57. The predicted molar refractivity (Wildman–Crippen MR) is 86.1 cm³/mol. The van der Waals surface area contributed by atoms with Gasteiger partial charge < -0.3 is 0 Å². The molecule has 0 saturated carbocycles. The Morgan fingerprint density at radius 3 is 1.54 bits per heavy atom.